The summed E-state index contributed by atoms with van der Waals surface area (Å²) in [6.45, 7) is 3.72. The van der Waals surface area contributed by atoms with Gasteiger partial charge in [-0.3, -0.25) is 0 Å². The molecule has 0 spiro atoms. The van der Waals surface area contributed by atoms with E-state index in [-0.39, 0.29) is 0 Å². The highest BCUT2D eigenvalue weighted by Crippen LogP contribution is 2.16. The van der Waals surface area contributed by atoms with E-state index in [4.69, 9.17) is 0 Å². The van der Waals surface area contributed by atoms with Crippen molar-refractivity contribution in [1.82, 2.24) is 14.9 Å². The molecular formula is C11H19N3. The fraction of sp³-hybridized carbons (Fsp3) is 0.545. The summed E-state index contributed by atoms with van der Waals surface area (Å²) < 4.78 is 2.06. The molecule has 0 amide bonds. The van der Waals surface area contributed by atoms with Crippen LogP contribution in [0.5, 0.6) is 0 Å². The lowest BCUT2D eigenvalue weighted by Gasteiger charge is -2.15. The van der Waals surface area contributed by atoms with E-state index < -0.39 is 0 Å². The molecule has 0 radical (unpaired) electrons. The van der Waals surface area contributed by atoms with Crippen LogP contribution < -0.4 is 5.32 Å². The van der Waals surface area contributed by atoms with E-state index >= 15 is 0 Å². The predicted octanol–water partition coefficient (Wildman–Crippen LogP) is 2.04. The number of allylic oxidation sites excluding steroid dienone is 1. The highest BCUT2D eigenvalue weighted by molar-refractivity contribution is 4.98. The van der Waals surface area contributed by atoms with Crippen molar-refractivity contribution in [1.29, 1.82) is 0 Å². The largest absolute Gasteiger partial charge is 0.337 e. The number of nitrogens with one attached hydrogen (secondary N) is 1. The second kappa shape index (κ2) is 5.60. The summed E-state index contributed by atoms with van der Waals surface area (Å²) in [6, 6.07) is 0.356. The molecule has 1 unspecified atom stereocenters. The van der Waals surface area contributed by atoms with Gasteiger partial charge in [-0.25, -0.2) is 4.98 Å². The second-order valence-corrected chi connectivity index (χ2v) is 3.46. The molecule has 0 bridgehead atoms. The normalized spacial score (nSPS) is 12.7. The Morgan fingerprint density at radius 3 is 3.00 bits per heavy atom. The van der Waals surface area contributed by atoms with Crippen LogP contribution in [0.3, 0.4) is 0 Å². The van der Waals surface area contributed by atoms with Crippen LogP contribution in [0, 0.1) is 0 Å². The maximum atomic E-state index is 4.34. The molecule has 0 saturated carbocycles. The van der Waals surface area contributed by atoms with Crippen molar-refractivity contribution < 1.29 is 0 Å². The van der Waals surface area contributed by atoms with E-state index in [0.29, 0.717) is 6.04 Å². The molecule has 1 N–H and O–H groups in total. The van der Waals surface area contributed by atoms with Crippen LogP contribution in [0.4, 0.5) is 0 Å². The maximum absolute atomic E-state index is 4.34. The average Bonchev–Trinajstić information content (AvgIpc) is 2.60. The molecule has 1 aromatic rings. The van der Waals surface area contributed by atoms with Gasteiger partial charge in [-0.05, 0) is 26.3 Å². The van der Waals surface area contributed by atoms with Crippen LogP contribution in [0.15, 0.2) is 25.0 Å². The first-order chi connectivity index (χ1) is 6.79. The van der Waals surface area contributed by atoms with Gasteiger partial charge < -0.3 is 9.88 Å². The fourth-order valence-electron chi connectivity index (χ4n) is 1.58. The Morgan fingerprint density at radius 1 is 1.71 bits per heavy atom. The SMILES string of the molecule is C=CCCCC(NC)c1nccn1C. The van der Waals surface area contributed by atoms with Crippen molar-refractivity contribution >= 4 is 0 Å². The van der Waals surface area contributed by atoms with Crippen LogP contribution >= 0.6 is 0 Å². The van der Waals surface area contributed by atoms with Gasteiger partial charge in [0, 0.05) is 19.4 Å². The number of imidazole rings is 1. The molecule has 78 valence electrons. The van der Waals surface area contributed by atoms with E-state index in [1.54, 1.807) is 0 Å². The number of unbranched alkanes of at least 4 members (excludes halogenated alkanes) is 1. The zero-order chi connectivity index (χ0) is 10.4. The topological polar surface area (TPSA) is 29.9 Å². The summed E-state index contributed by atoms with van der Waals surface area (Å²) in [5.41, 5.74) is 0. The molecule has 3 nitrogen and oxygen atoms in total. The summed E-state index contributed by atoms with van der Waals surface area (Å²) in [7, 11) is 4.01. The third kappa shape index (κ3) is 2.70. The average molecular weight is 193 g/mol. The Kier molecular flexibility index (Phi) is 4.40. The van der Waals surface area contributed by atoms with Crippen LogP contribution in [-0.4, -0.2) is 16.6 Å². The Balaban J connectivity index is 2.54. The van der Waals surface area contributed by atoms with Gasteiger partial charge in [0.05, 0.1) is 6.04 Å². The van der Waals surface area contributed by atoms with Crippen LogP contribution in [0.2, 0.25) is 0 Å². The van der Waals surface area contributed by atoms with Gasteiger partial charge in [-0.15, -0.1) is 6.58 Å². The summed E-state index contributed by atoms with van der Waals surface area (Å²) in [5.74, 6) is 1.11. The van der Waals surface area contributed by atoms with Gasteiger partial charge in [0.2, 0.25) is 0 Å². The molecule has 14 heavy (non-hydrogen) atoms. The first-order valence-electron chi connectivity index (χ1n) is 5.05. The molecule has 0 aliphatic rings. The first-order valence-corrected chi connectivity index (χ1v) is 5.05. The summed E-state index contributed by atoms with van der Waals surface area (Å²) in [6.07, 6.45) is 9.11. The van der Waals surface area contributed by atoms with Crippen molar-refractivity contribution in [2.45, 2.75) is 25.3 Å². The van der Waals surface area contributed by atoms with E-state index in [2.05, 4.69) is 21.4 Å². The zero-order valence-corrected chi connectivity index (χ0v) is 9.03. The Bertz CT molecular complexity index is 278. The van der Waals surface area contributed by atoms with Crippen molar-refractivity contribution in [2.24, 2.45) is 7.05 Å². The predicted molar refractivity (Wildman–Crippen MR) is 59.1 cm³/mol. The molecule has 0 aliphatic heterocycles. The van der Waals surface area contributed by atoms with Crippen LogP contribution in [-0.2, 0) is 7.05 Å². The molecule has 1 aromatic heterocycles. The maximum Gasteiger partial charge on any atom is 0.125 e. The molecule has 0 fully saturated rings. The minimum absolute atomic E-state index is 0.356. The Labute approximate surface area is 85.8 Å². The minimum Gasteiger partial charge on any atom is -0.337 e. The minimum atomic E-state index is 0.356. The fourth-order valence-corrected chi connectivity index (χ4v) is 1.58. The Morgan fingerprint density at radius 2 is 2.50 bits per heavy atom. The summed E-state index contributed by atoms with van der Waals surface area (Å²) >= 11 is 0. The number of aromatic nitrogens is 2. The molecule has 1 heterocycles. The van der Waals surface area contributed by atoms with Gasteiger partial charge in [0.1, 0.15) is 5.82 Å². The van der Waals surface area contributed by atoms with E-state index in [0.717, 1.165) is 25.1 Å². The highest BCUT2D eigenvalue weighted by Gasteiger charge is 2.12. The van der Waals surface area contributed by atoms with Crippen molar-refractivity contribution in [3.63, 3.8) is 0 Å². The molecule has 0 aliphatic carbocycles. The van der Waals surface area contributed by atoms with Gasteiger partial charge >= 0.3 is 0 Å². The molecule has 0 aromatic carbocycles. The van der Waals surface area contributed by atoms with Crippen molar-refractivity contribution in [3.05, 3.63) is 30.9 Å². The lowest BCUT2D eigenvalue weighted by molar-refractivity contribution is 0.491. The first kappa shape index (κ1) is 11.0. The standard InChI is InChI=1S/C11H19N3/c1-4-5-6-7-10(12-2)11-13-8-9-14(11)3/h4,8-10,12H,1,5-7H2,2-3H3. The van der Waals surface area contributed by atoms with Crippen molar-refractivity contribution in [3.8, 4) is 0 Å². The van der Waals surface area contributed by atoms with Crippen molar-refractivity contribution in [2.75, 3.05) is 7.05 Å². The quantitative estimate of drug-likeness (QED) is 0.553. The third-order valence-electron chi connectivity index (χ3n) is 2.42. The number of hydrogen-bond acceptors (Lipinski definition) is 2. The lowest BCUT2D eigenvalue weighted by Crippen LogP contribution is -2.19. The molecule has 3 heteroatoms. The van der Waals surface area contributed by atoms with E-state index in [9.17, 15) is 0 Å². The van der Waals surface area contributed by atoms with Gasteiger partial charge in [0.15, 0.2) is 0 Å². The summed E-state index contributed by atoms with van der Waals surface area (Å²) in [5, 5.41) is 3.29. The number of aryl methyl sites for hydroxylation is 1. The number of rotatable bonds is 6. The Hall–Kier alpha value is -1.09. The van der Waals surface area contributed by atoms with Gasteiger partial charge in [-0.1, -0.05) is 6.08 Å². The van der Waals surface area contributed by atoms with E-state index in [1.807, 2.05) is 32.6 Å². The molecule has 1 atom stereocenters. The smallest absolute Gasteiger partial charge is 0.125 e. The number of nitrogens with zero attached hydrogens (tertiary/aromatic N) is 2. The van der Waals surface area contributed by atoms with Gasteiger partial charge in [0.25, 0.3) is 0 Å². The summed E-state index contributed by atoms with van der Waals surface area (Å²) in [4.78, 5) is 4.34. The van der Waals surface area contributed by atoms with Gasteiger partial charge in [-0.2, -0.15) is 0 Å². The van der Waals surface area contributed by atoms with Crippen LogP contribution in [0.25, 0.3) is 0 Å². The van der Waals surface area contributed by atoms with Crippen LogP contribution in [0.1, 0.15) is 31.1 Å². The molecule has 1 rings (SSSR count). The lowest BCUT2D eigenvalue weighted by atomic mass is 10.1. The molecular weight excluding hydrogens is 174 g/mol. The third-order valence-corrected chi connectivity index (χ3v) is 2.42. The monoisotopic (exact) mass is 193 g/mol. The zero-order valence-electron chi connectivity index (χ0n) is 9.03. The van der Waals surface area contributed by atoms with E-state index in [1.165, 1.54) is 0 Å². The molecule has 0 saturated heterocycles. The second-order valence-electron chi connectivity index (χ2n) is 3.46. The highest BCUT2D eigenvalue weighted by atomic mass is 15.1. The number of hydrogen-bond donors (Lipinski definition) is 1.